The molecular weight excluding hydrogens is 503 g/mol. The van der Waals surface area contributed by atoms with Gasteiger partial charge in [-0.05, 0) is 66.1 Å². The average Bonchev–Trinajstić information content (AvgIpc) is 3.06. The van der Waals surface area contributed by atoms with Crippen molar-refractivity contribution in [2.45, 2.75) is 58.2 Å². The quantitative estimate of drug-likeness (QED) is 0.290. The number of rotatable bonds is 6. The first kappa shape index (κ1) is 21.9. The van der Waals surface area contributed by atoms with Gasteiger partial charge in [-0.2, -0.15) is 5.10 Å². The molecule has 3 aromatic rings. The van der Waals surface area contributed by atoms with E-state index in [0.717, 1.165) is 57.0 Å². The zero-order chi connectivity index (χ0) is 22.0. The molecule has 162 valence electrons. The van der Waals surface area contributed by atoms with Crippen LogP contribution in [0.25, 0.3) is 10.8 Å². The van der Waals surface area contributed by atoms with Crippen molar-refractivity contribution < 1.29 is 0 Å². The van der Waals surface area contributed by atoms with Gasteiger partial charge in [-0.1, -0.05) is 37.5 Å². The molecule has 0 unspecified atom stereocenters. The fourth-order valence-electron chi connectivity index (χ4n) is 4.61. The Labute approximate surface area is 195 Å². The lowest BCUT2D eigenvalue weighted by atomic mass is 9.94. The molecule has 0 bridgehead atoms. The van der Waals surface area contributed by atoms with Gasteiger partial charge < -0.3 is 10.3 Å². The van der Waals surface area contributed by atoms with E-state index in [1.807, 2.05) is 34.4 Å². The summed E-state index contributed by atoms with van der Waals surface area (Å²) in [7, 11) is 0. The predicted molar refractivity (Wildman–Crippen MR) is 135 cm³/mol. The summed E-state index contributed by atoms with van der Waals surface area (Å²) >= 11 is 2.18. The van der Waals surface area contributed by atoms with Crippen LogP contribution in [0.15, 0.2) is 39.0 Å². The van der Waals surface area contributed by atoms with Crippen molar-refractivity contribution in [3.8, 4) is 0 Å². The molecule has 4 rings (SSSR count). The lowest BCUT2D eigenvalue weighted by Gasteiger charge is -2.27. The molecule has 2 aromatic heterocycles. The lowest BCUT2D eigenvalue weighted by Crippen LogP contribution is -2.30. The fraction of sp³-hybridized carbons (Fsp3) is 0.391. The standard InChI is InChI=1S/C23H27IN6O/c1-15-7-6-8-16-11-18(30(23(31)20(15)16)17-9-4-3-5-10-17)13-29-22(27-14-26-2)19(12-25)21(24)28-29/h6-8,11,14,17H,2-5,9-10,12-13,25H2,1H3. The molecule has 7 nitrogen and oxygen atoms in total. The van der Waals surface area contributed by atoms with E-state index in [1.165, 1.54) is 12.8 Å². The Balaban J connectivity index is 1.91. The fourth-order valence-corrected chi connectivity index (χ4v) is 5.33. The highest BCUT2D eigenvalue weighted by Gasteiger charge is 2.23. The summed E-state index contributed by atoms with van der Waals surface area (Å²) in [5.74, 6) is 0.659. The zero-order valence-electron chi connectivity index (χ0n) is 17.7. The molecule has 31 heavy (non-hydrogen) atoms. The minimum Gasteiger partial charge on any atom is -0.326 e. The topological polar surface area (TPSA) is 90.6 Å². The van der Waals surface area contributed by atoms with Crippen LogP contribution in [0.1, 0.15) is 55.0 Å². The van der Waals surface area contributed by atoms with Gasteiger partial charge in [0.15, 0.2) is 5.82 Å². The van der Waals surface area contributed by atoms with E-state index in [1.54, 1.807) is 0 Å². The molecule has 1 aromatic carbocycles. The summed E-state index contributed by atoms with van der Waals surface area (Å²) in [5, 5.41) is 6.45. The third-order valence-electron chi connectivity index (χ3n) is 6.06. The number of halogens is 1. The Hall–Kier alpha value is -2.33. The van der Waals surface area contributed by atoms with Gasteiger partial charge in [0.2, 0.25) is 0 Å². The maximum Gasteiger partial charge on any atom is 0.259 e. The van der Waals surface area contributed by atoms with E-state index in [0.29, 0.717) is 18.9 Å². The number of nitrogens with zero attached hydrogens (tertiary/aromatic N) is 5. The van der Waals surface area contributed by atoms with Crippen LogP contribution in [0.3, 0.4) is 0 Å². The number of hydrogen-bond donors (Lipinski definition) is 1. The van der Waals surface area contributed by atoms with Crippen LogP contribution in [0.5, 0.6) is 0 Å². The van der Waals surface area contributed by atoms with Crippen molar-refractivity contribution in [2.24, 2.45) is 15.7 Å². The Morgan fingerprint density at radius 3 is 2.81 bits per heavy atom. The minimum atomic E-state index is 0.0937. The lowest BCUT2D eigenvalue weighted by molar-refractivity contribution is 0.337. The summed E-state index contributed by atoms with van der Waals surface area (Å²) in [5.41, 5.74) is 8.88. The maximum atomic E-state index is 13.7. The molecule has 0 atom stereocenters. The van der Waals surface area contributed by atoms with Crippen LogP contribution >= 0.6 is 22.6 Å². The van der Waals surface area contributed by atoms with Crippen molar-refractivity contribution in [1.82, 2.24) is 14.3 Å². The van der Waals surface area contributed by atoms with Gasteiger partial charge in [0.05, 0.1) is 11.9 Å². The summed E-state index contributed by atoms with van der Waals surface area (Å²) in [6.45, 7) is 6.25. The van der Waals surface area contributed by atoms with Gasteiger partial charge in [-0.25, -0.2) is 9.67 Å². The SMILES string of the molecule is C=NC=Nc1c(CN)c(I)nn1Cc1cc2cccc(C)c2c(=O)n1C1CCCCC1. The molecule has 1 aliphatic carbocycles. The van der Waals surface area contributed by atoms with Gasteiger partial charge in [-0.15, -0.1) is 0 Å². The number of hydrogen-bond acceptors (Lipinski definition) is 4. The van der Waals surface area contributed by atoms with Crippen molar-refractivity contribution in [2.75, 3.05) is 0 Å². The van der Waals surface area contributed by atoms with Crippen LogP contribution in [-0.2, 0) is 13.1 Å². The summed E-state index contributed by atoms with van der Waals surface area (Å²) < 4.78 is 4.64. The Kier molecular flexibility index (Phi) is 6.66. The minimum absolute atomic E-state index is 0.0937. The molecule has 2 heterocycles. The molecule has 0 aliphatic heterocycles. The largest absolute Gasteiger partial charge is 0.326 e. The first-order chi connectivity index (χ1) is 15.0. The first-order valence-electron chi connectivity index (χ1n) is 10.6. The van der Waals surface area contributed by atoms with Crippen LogP contribution in [-0.4, -0.2) is 27.4 Å². The molecular formula is C23H27IN6O. The van der Waals surface area contributed by atoms with E-state index < -0.39 is 0 Å². The summed E-state index contributed by atoms with van der Waals surface area (Å²) in [6, 6.07) is 8.37. The molecule has 1 saturated carbocycles. The number of aromatic nitrogens is 3. The number of benzene rings is 1. The normalized spacial score (nSPS) is 15.2. The van der Waals surface area contributed by atoms with E-state index >= 15 is 0 Å². The van der Waals surface area contributed by atoms with Gasteiger partial charge in [0, 0.05) is 23.8 Å². The monoisotopic (exact) mass is 530 g/mol. The van der Waals surface area contributed by atoms with E-state index in [4.69, 9.17) is 5.73 Å². The second-order valence-electron chi connectivity index (χ2n) is 8.02. The molecule has 0 spiro atoms. The average molecular weight is 530 g/mol. The second kappa shape index (κ2) is 9.44. The molecule has 2 N–H and O–H groups in total. The molecule has 0 radical (unpaired) electrons. The van der Waals surface area contributed by atoms with E-state index in [2.05, 4.69) is 50.5 Å². The van der Waals surface area contributed by atoms with Crippen LogP contribution in [0.4, 0.5) is 5.82 Å². The van der Waals surface area contributed by atoms with Gasteiger partial charge in [0.25, 0.3) is 5.56 Å². The highest BCUT2D eigenvalue weighted by Crippen LogP contribution is 2.31. The zero-order valence-corrected chi connectivity index (χ0v) is 19.9. The Morgan fingerprint density at radius 2 is 2.10 bits per heavy atom. The predicted octanol–water partition coefficient (Wildman–Crippen LogP) is 4.48. The highest BCUT2D eigenvalue weighted by atomic mass is 127. The van der Waals surface area contributed by atoms with Gasteiger partial charge >= 0.3 is 0 Å². The number of pyridine rings is 1. The molecule has 1 aliphatic rings. The second-order valence-corrected chi connectivity index (χ2v) is 9.05. The van der Waals surface area contributed by atoms with Crippen LogP contribution in [0.2, 0.25) is 0 Å². The third-order valence-corrected chi connectivity index (χ3v) is 6.93. The Bertz CT molecular complexity index is 1200. The maximum absolute atomic E-state index is 13.7. The number of fused-ring (bicyclic) bond motifs is 1. The molecule has 0 saturated heterocycles. The molecule has 0 amide bonds. The van der Waals surface area contributed by atoms with Crippen LogP contribution in [0, 0.1) is 10.6 Å². The van der Waals surface area contributed by atoms with Crippen molar-refractivity contribution in [1.29, 1.82) is 0 Å². The molecule has 1 fully saturated rings. The highest BCUT2D eigenvalue weighted by molar-refractivity contribution is 14.1. The van der Waals surface area contributed by atoms with Crippen molar-refractivity contribution >= 4 is 52.2 Å². The van der Waals surface area contributed by atoms with E-state index in [-0.39, 0.29) is 11.6 Å². The van der Waals surface area contributed by atoms with Crippen LogP contribution < -0.4 is 11.3 Å². The third kappa shape index (κ3) is 4.23. The van der Waals surface area contributed by atoms with Gasteiger partial charge in [0.1, 0.15) is 10.0 Å². The molecule has 8 heteroatoms. The number of aryl methyl sites for hydroxylation is 1. The number of aliphatic imine (C=N–C) groups is 2. The first-order valence-corrected chi connectivity index (χ1v) is 11.7. The smallest absolute Gasteiger partial charge is 0.259 e. The summed E-state index contributed by atoms with van der Waals surface area (Å²) in [4.78, 5) is 21.9. The van der Waals surface area contributed by atoms with Crippen molar-refractivity contribution in [3.05, 3.63) is 55.1 Å². The van der Waals surface area contributed by atoms with Crippen molar-refractivity contribution in [3.63, 3.8) is 0 Å². The van der Waals surface area contributed by atoms with E-state index in [9.17, 15) is 4.79 Å². The van der Waals surface area contributed by atoms with Gasteiger partial charge in [-0.3, -0.25) is 9.79 Å². The summed E-state index contributed by atoms with van der Waals surface area (Å²) in [6.07, 6.45) is 7.00. The Morgan fingerprint density at radius 1 is 1.32 bits per heavy atom. The number of nitrogens with two attached hydrogens (primary N) is 1.